The van der Waals surface area contributed by atoms with Crippen LogP contribution in [0, 0.1) is 0 Å². The molecule has 0 aliphatic heterocycles. The van der Waals surface area contributed by atoms with Crippen LogP contribution in [0.1, 0.15) is 17.9 Å². The van der Waals surface area contributed by atoms with Gasteiger partial charge in [-0.15, -0.1) is 0 Å². The Morgan fingerprint density at radius 1 is 1.53 bits per heavy atom. The summed E-state index contributed by atoms with van der Waals surface area (Å²) in [6, 6.07) is 10.4. The molecule has 3 unspecified atom stereocenters. The molecular weight excluding hydrogens is 216 g/mol. The maximum atomic E-state index is 11.7. The average Bonchev–Trinajstić information content (AvgIpc) is 3.11. The lowest BCUT2D eigenvalue weighted by Crippen LogP contribution is -2.41. The van der Waals surface area contributed by atoms with Gasteiger partial charge in [0.1, 0.15) is 6.10 Å². The molecule has 17 heavy (non-hydrogen) atoms. The van der Waals surface area contributed by atoms with E-state index in [2.05, 4.69) is 17.4 Å². The van der Waals surface area contributed by atoms with E-state index >= 15 is 0 Å². The van der Waals surface area contributed by atoms with E-state index in [4.69, 9.17) is 10.5 Å². The Bertz CT molecular complexity index is 376. The van der Waals surface area contributed by atoms with Crippen molar-refractivity contribution in [2.24, 2.45) is 5.73 Å². The minimum absolute atomic E-state index is 0.113. The molecule has 1 fully saturated rings. The van der Waals surface area contributed by atoms with E-state index in [1.54, 1.807) is 0 Å². The van der Waals surface area contributed by atoms with Gasteiger partial charge in [-0.25, -0.2) is 0 Å². The second kappa shape index (κ2) is 5.29. The Hall–Kier alpha value is -1.39. The van der Waals surface area contributed by atoms with Crippen LogP contribution in [0.3, 0.4) is 0 Å². The summed E-state index contributed by atoms with van der Waals surface area (Å²) in [6.45, 7) is 0.213. The van der Waals surface area contributed by atoms with Crippen molar-refractivity contribution in [3.63, 3.8) is 0 Å². The number of rotatable bonds is 5. The Morgan fingerprint density at radius 3 is 2.82 bits per heavy atom. The molecule has 4 heteroatoms. The van der Waals surface area contributed by atoms with Crippen LogP contribution in [0.15, 0.2) is 30.3 Å². The van der Waals surface area contributed by atoms with Crippen molar-refractivity contribution in [1.82, 2.24) is 5.32 Å². The van der Waals surface area contributed by atoms with Gasteiger partial charge in [0.25, 0.3) is 5.91 Å². The van der Waals surface area contributed by atoms with E-state index in [1.807, 2.05) is 18.2 Å². The van der Waals surface area contributed by atoms with Crippen molar-refractivity contribution in [3.8, 4) is 0 Å². The minimum atomic E-state index is -0.535. The molecule has 1 saturated carbocycles. The van der Waals surface area contributed by atoms with E-state index < -0.39 is 6.10 Å². The quantitative estimate of drug-likeness (QED) is 0.785. The first-order valence-corrected chi connectivity index (χ1v) is 5.84. The molecule has 0 heterocycles. The highest BCUT2D eigenvalue weighted by atomic mass is 16.5. The summed E-state index contributed by atoms with van der Waals surface area (Å²) >= 11 is 0. The van der Waals surface area contributed by atoms with Gasteiger partial charge >= 0.3 is 0 Å². The summed E-state index contributed by atoms with van der Waals surface area (Å²) < 4.78 is 4.99. The smallest absolute Gasteiger partial charge is 0.250 e. The van der Waals surface area contributed by atoms with Gasteiger partial charge in [0.15, 0.2) is 0 Å². The number of nitrogens with two attached hydrogens (primary N) is 1. The van der Waals surface area contributed by atoms with E-state index in [0.717, 1.165) is 6.42 Å². The largest absolute Gasteiger partial charge is 0.370 e. The molecule has 1 aliphatic carbocycles. The predicted molar refractivity (Wildman–Crippen MR) is 65.6 cm³/mol. The van der Waals surface area contributed by atoms with Crippen LogP contribution in [0.2, 0.25) is 0 Å². The monoisotopic (exact) mass is 234 g/mol. The SMILES string of the molecule is COC(CN)C(=O)NC1CC1c1ccccc1. The second-order valence-corrected chi connectivity index (χ2v) is 4.33. The average molecular weight is 234 g/mol. The first-order chi connectivity index (χ1) is 8.26. The van der Waals surface area contributed by atoms with Crippen LogP contribution in [-0.4, -0.2) is 31.7 Å². The molecule has 1 amide bonds. The molecule has 1 aromatic rings. The van der Waals surface area contributed by atoms with Crippen molar-refractivity contribution < 1.29 is 9.53 Å². The Balaban J connectivity index is 1.86. The number of ether oxygens (including phenoxy) is 1. The summed E-state index contributed by atoms with van der Waals surface area (Å²) in [5, 5.41) is 2.96. The summed E-state index contributed by atoms with van der Waals surface area (Å²) in [5.74, 6) is 0.328. The van der Waals surface area contributed by atoms with Crippen LogP contribution >= 0.6 is 0 Å². The molecule has 3 N–H and O–H groups in total. The fraction of sp³-hybridized carbons (Fsp3) is 0.462. The summed E-state index contributed by atoms with van der Waals surface area (Å²) in [6.07, 6.45) is 0.462. The highest BCUT2D eigenvalue weighted by Gasteiger charge is 2.40. The summed E-state index contributed by atoms with van der Waals surface area (Å²) in [5.41, 5.74) is 6.72. The van der Waals surface area contributed by atoms with Crippen LogP contribution in [0.25, 0.3) is 0 Å². The third-order valence-corrected chi connectivity index (χ3v) is 3.14. The maximum Gasteiger partial charge on any atom is 0.250 e. The molecule has 1 aromatic carbocycles. The van der Waals surface area contributed by atoms with Crippen molar-refractivity contribution >= 4 is 5.91 Å². The maximum absolute atomic E-state index is 11.7. The van der Waals surface area contributed by atoms with Gasteiger partial charge < -0.3 is 15.8 Å². The molecule has 92 valence electrons. The Morgan fingerprint density at radius 2 is 2.24 bits per heavy atom. The zero-order chi connectivity index (χ0) is 12.3. The number of carbonyl (C=O) groups excluding carboxylic acids is 1. The van der Waals surface area contributed by atoms with Crippen molar-refractivity contribution in [2.45, 2.75) is 24.5 Å². The molecule has 2 rings (SSSR count). The highest BCUT2D eigenvalue weighted by Crippen LogP contribution is 2.40. The molecule has 0 saturated heterocycles. The molecule has 0 bridgehead atoms. The molecule has 0 aromatic heterocycles. The topological polar surface area (TPSA) is 64.3 Å². The zero-order valence-corrected chi connectivity index (χ0v) is 9.93. The third-order valence-electron chi connectivity index (χ3n) is 3.14. The van der Waals surface area contributed by atoms with Crippen LogP contribution in [-0.2, 0) is 9.53 Å². The predicted octanol–water partition coefficient (Wildman–Crippen LogP) is 0.632. The number of nitrogens with one attached hydrogen (secondary N) is 1. The molecular formula is C13H18N2O2. The number of carbonyl (C=O) groups is 1. The first-order valence-electron chi connectivity index (χ1n) is 5.84. The van der Waals surface area contributed by atoms with Crippen LogP contribution in [0.5, 0.6) is 0 Å². The van der Waals surface area contributed by atoms with Gasteiger partial charge in [-0.2, -0.15) is 0 Å². The van der Waals surface area contributed by atoms with Crippen molar-refractivity contribution in [2.75, 3.05) is 13.7 Å². The van der Waals surface area contributed by atoms with Crippen LogP contribution < -0.4 is 11.1 Å². The molecule has 0 radical (unpaired) electrons. The normalized spacial score (nSPS) is 24.1. The Kier molecular flexibility index (Phi) is 3.76. The number of benzene rings is 1. The zero-order valence-electron chi connectivity index (χ0n) is 9.93. The summed E-state index contributed by atoms with van der Waals surface area (Å²) in [4.78, 5) is 11.7. The van der Waals surface area contributed by atoms with E-state index in [9.17, 15) is 4.79 Å². The molecule has 0 spiro atoms. The van der Waals surface area contributed by atoms with Gasteiger partial charge in [0.2, 0.25) is 0 Å². The van der Waals surface area contributed by atoms with Gasteiger partial charge in [0, 0.05) is 25.6 Å². The Labute approximate surface area is 101 Å². The fourth-order valence-electron chi connectivity index (χ4n) is 2.01. The number of hydrogen-bond acceptors (Lipinski definition) is 3. The van der Waals surface area contributed by atoms with E-state index in [1.165, 1.54) is 12.7 Å². The highest BCUT2D eigenvalue weighted by molar-refractivity contribution is 5.81. The fourth-order valence-corrected chi connectivity index (χ4v) is 2.01. The first kappa shape index (κ1) is 12.1. The van der Waals surface area contributed by atoms with Gasteiger partial charge in [-0.3, -0.25) is 4.79 Å². The lowest BCUT2D eigenvalue weighted by molar-refractivity contribution is -0.130. The summed E-state index contributed by atoms with van der Waals surface area (Å²) in [7, 11) is 1.50. The molecule has 4 nitrogen and oxygen atoms in total. The van der Waals surface area contributed by atoms with Gasteiger partial charge in [0.05, 0.1) is 0 Å². The van der Waals surface area contributed by atoms with Crippen molar-refractivity contribution in [3.05, 3.63) is 35.9 Å². The molecule has 3 atom stereocenters. The van der Waals surface area contributed by atoms with Gasteiger partial charge in [-0.05, 0) is 12.0 Å². The third kappa shape index (κ3) is 2.84. The van der Waals surface area contributed by atoms with E-state index in [0.29, 0.717) is 5.92 Å². The van der Waals surface area contributed by atoms with Crippen LogP contribution in [0.4, 0.5) is 0 Å². The van der Waals surface area contributed by atoms with Crippen molar-refractivity contribution in [1.29, 1.82) is 0 Å². The standard InChI is InChI=1S/C13H18N2O2/c1-17-12(8-14)13(16)15-11-7-10(11)9-5-3-2-4-6-9/h2-6,10-12H,7-8,14H2,1H3,(H,15,16). The van der Waals surface area contributed by atoms with Gasteiger partial charge in [-0.1, -0.05) is 30.3 Å². The van der Waals surface area contributed by atoms with E-state index in [-0.39, 0.29) is 18.5 Å². The number of amides is 1. The number of methoxy groups -OCH3 is 1. The lowest BCUT2D eigenvalue weighted by atomic mass is 10.1. The molecule has 1 aliphatic rings. The minimum Gasteiger partial charge on any atom is -0.370 e. The second-order valence-electron chi connectivity index (χ2n) is 4.33. The lowest BCUT2D eigenvalue weighted by Gasteiger charge is -2.12. The number of hydrogen-bond donors (Lipinski definition) is 2.